The molecule has 21 heavy (non-hydrogen) atoms. The summed E-state index contributed by atoms with van der Waals surface area (Å²) in [5.74, 6) is 3.14. The molecule has 2 heteroatoms. The summed E-state index contributed by atoms with van der Waals surface area (Å²) in [6.45, 7) is 2.22. The van der Waals surface area contributed by atoms with Gasteiger partial charge in [-0.2, -0.15) is 0 Å². The molecule has 1 unspecified atom stereocenters. The highest BCUT2D eigenvalue weighted by Gasteiger charge is 2.51. The zero-order chi connectivity index (χ0) is 14.4. The van der Waals surface area contributed by atoms with Crippen molar-refractivity contribution in [3.8, 4) is 0 Å². The largest absolute Gasteiger partial charge is 0.313 e. The molecule has 1 heterocycles. The van der Waals surface area contributed by atoms with Crippen LogP contribution >= 0.6 is 0 Å². The van der Waals surface area contributed by atoms with Crippen molar-refractivity contribution in [3.05, 3.63) is 29.6 Å². The number of aryl methyl sites for hydroxylation is 1. The smallest absolute Gasteiger partial charge is 0.0340 e. The van der Waals surface area contributed by atoms with E-state index in [0.29, 0.717) is 11.5 Å². The lowest BCUT2D eigenvalue weighted by Gasteiger charge is -2.57. The van der Waals surface area contributed by atoms with Gasteiger partial charge in [-0.1, -0.05) is 0 Å². The summed E-state index contributed by atoms with van der Waals surface area (Å²) in [4.78, 5) is 4.37. The number of pyridine rings is 1. The Bertz CT molecular complexity index is 487. The van der Waals surface area contributed by atoms with Crippen LogP contribution in [0.2, 0.25) is 0 Å². The van der Waals surface area contributed by atoms with E-state index >= 15 is 0 Å². The van der Waals surface area contributed by atoms with Crippen molar-refractivity contribution in [1.82, 2.24) is 10.3 Å². The Balaban J connectivity index is 1.58. The molecule has 0 amide bonds. The van der Waals surface area contributed by atoms with Crippen molar-refractivity contribution < 1.29 is 0 Å². The van der Waals surface area contributed by atoms with Crippen LogP contribution in [0.3, 0.4) is 0 Å². The maximum Gasteiger partial charge on any atom is 0.0340 e. The molecule has 1 aromatic rings. The summed E-state index contributed by atoms with van der Waals surface area (Å²) in [5.41, 5.74) is 3.43. The van der Waals surface area contributed by atoms with Crippen LogP contribution in [-0.4, -0.2) is 12.0 Å². The normalized spacial score (nSPS) is 38.7. The lowest BCUT2D eigenvalue weighted by molar-refractivity contribution is -0.0619. The van der Waals surface area contributed by atoms with Crippen LogP contribution in [0.15, 0.2) is 18.5 Å². The van der Waals surface area contributed by atoms with Crippen LogP contribution in [0.5, 0.6) is 0 Å². The summed E-state index contributed by atoms with van der Waals surface area (Å²) >= 11 is 0. The highest BCUT2D eigenvalue weighted by Crippen LogP contribution is 2.62. The third kappa shape index (κ3) is 2.42. The number of nitrogens with zero attached hydrogens (tertiary/aromatic N) is 1. The molecule has 0 spiro atoms. The molecule has 1 aromatic heterocycles. The van der Waals surface area contributed by atoms with E-state index in [9.17, 15) is 0 Å². The molecule has 0 aromatic carbocycles. The Kier molecular flexibility index (Phi) is 3.33. The summed E-state index contributed by atoms with van der Waals surface area (Å²) in [5, 5.41) is 3.59. The van der Waals surface area contributed by atoms with Gasteiger partial charge in [0, 0.05) is 18.4 Å². The molecule has 4 bridgehead atoms. The SMILES string of the molecule is CNC(CC12CC3CC(CC(C3)C1)C2)c1cnccc1C. The zero-order valence-corrected chi connectivity index (χ0v) is 13.4. The van der Waals surface area contributed by atoms with Crippen LogP contribution in [0, 0.1) is 30.1 Å². The lowest BCUT2D eigenvalue weighted by Crippen LogP contribution is -2.47. The average molecular weight is 284 g/mol. The first-order valence-electron chi connectivity index (χ1n) is 8.75. The fourth-order valence-corrected chi connectivity index (χ4v) is 6.18. The van der Waals surface area contributed by atoms with Crippen molar-refractivity contribution in [2.24, 2.45) is 23.2 Å². The fourth-order valence-electron chi connectivity index (χ4n) is 6.18. The van der Waals surface area contributed by atoms with Gasteiger partial charge in [0.15, 0.2) is 0 Å². The van der Waals surface area contributed by atoms with Crippen molar-refractivity contribution >= 4 is 0 Å². The van der Waals surface area contributed by atoms with Gasteiger partial charge in [-0.3, -0.25) is 4.98 Å². The van der Waals surface area contributed by atoms with Crippen LogP contribution in [0.1, 0.15) is 62.1 Å². The molecule has 114 valence electrons. The van der Waals surface area contributed by atoms with Crippen molar-refractivity contribution in [2.45, 2.75) is 57.9 Å². The predicted molar refractivity (Wildman–Crippen MR) is 86.0 cm³/mol. The topological polar surface area (TPSA) is 24.9 Å². The van der Waals surface area contributed by atoms with Gasteiger partial charge in [-0.15, -0.1) is 0 Å². The molecular formula is C19H28N2. The van der Waals surface area contributed by atoms with Crippen molar-refractivity contribution in [3.63, 3.8) is 0 Å². The van der Waals surface area contributed by atoms with Crippen LogP contribution in [-0.2, 0) is 0 Å². The van der Waals surface area contributed by atoms with E-state index in [0.717, 1.165) is 17.8 Å². The van der Waals surface area contributed by atoms with E-state index < -0.39 is 0 Å². The Morgan fingerprint density at radius 1 is 1.19 bits per heavy atom. The van der Waals surface area contributed by atoms with Gasteiger partial charge in [-0.05, 0) is 99.3 Å². The lowest BCUT2D eigenvalue weighted by atomic mass is 9.48. The van der Waals surface area contributed by atoms with Gasteiger partial charge < -0.3 is 5.32 Å². The second-order valence-electron chi connectivity index (χ2n) is 8.20. The predicted octanol–water partition coefficient (Wildman–Crippen LogP) is 4.26. The second-order valence-corrected chi connectivity index (χ2v) is 8.20. The molecule has 4 aliphatic carbocycles. The van der Waals surface area contributed by atoms with Gasteiger partial charge in [0.25, 0.3) is 0 Å². The van der Waals surface area contributed by atoms with Gasteiger partial charge in [0.1, 0.15) is 0 Å². The summed E-state index contributed by atoms with van der Waals surface area (Å²) < 4.78 is 0. The minimum atomic E-state index is 0.481. The number of hydrogen-bond donors (Lipinski definition) is 1. The Morgan fingerprint density at radius 3 is 2.33 bits per heavy atom. The maximum absolute atomic E-state index is 4.37. The maximum atomic E-state index is 4.37. The molecule has 0 saturated heterocycles. The third-order valence-corrected chi connectivity index (χ3v) is 6.61. The first-order valence-corrected chi connectivity index (χ1v) is 8.75. The van der Waals surface area contributed by atoms with E-state index in [1.54, 1.807) is 0 Å². The molecule has 1 N–H and O–H groups in total. The van der Waals surface area contributed by atoms with E-state index in [4.69, 9.17) is 0 Å². The van der Waals surface area contributed by atoms with E-state index in [1.165, 1.54) is 56.1 Å². The standard InChI is InChI=1S/C19H28N2/c1-13-3-4-21-12-17(13)18(20-2)11-19-8-14-5-15(9-19)7-16(6-14)10-19/h3-4,12,14-16,18,20H,5-11H2,1-2H3. The number of rotatable bonds is 4. The van der Waals surface area contributed by atoms with E-state index in [2.05, 4.69) is 36.5 Å². The minimum Gasteiger partial charge on any atom is -0.313 e. The summed E-state index contributed by atoms with van der Waals surface area (Å²) in [6.07, 6.45) is 14.4. The van der Waals surface area contributed by atoms with Gasteiger partial charge in [0.2, 0.25) is 0 Å². The van der Waals surface area contributed by atoms with Crippen molar-refractivity contribution in [1.29, 1.82) is 0 Å². The molecular weight excluding hydrogens is 256 g/mol. The molecule has 2 nitrogen and oxygen atoms in total. The van der Waals surface area contributed by atoms with E-state index in [-0.39, 0.29) is 0 Å². The molecule has 4 fully saturated rings. The van der Waals surface area contributed by atoms with Crippen LogP contribution in [0.25, 0.3) is 0 Å². The fraction of sp³-hybridized carbons (Fsp3) is 0.737. The summed E-state index contributed by atoms with van der Waals surface area (Å²) in [6, 6.07) is 2.63. The van der Waals surface area contributed by atoms with Crippen molar-refractivity contribution in [2.75, 3.05) is 7.05 Å². The molecule has 1 atom stereocenters. The van der Waals surface area contributed by atoms with Gasteiger partial charge in [0.05, 0.1) is 0 Å². The highest BCUT2D eigenvalue weighted by atomic mass is 14.9. The number of aromatic nitrogens is 1. The monoisotopic (exact) mass is 284 g/mol. The highest BCUT2D eigenvalue weighted by molar-refractivity contribution is 5.25. The molecule has 0 radical (unpaired) electrons. The van der Waals surface area contributed by atoms with Crippen LogP contribution in [0.4, 0.5) is 0 Å². The molecule has 4 saturated carbocycles. The zero-order valence-electron chi connectivity index (χ0n) is 13.4. The Hall–Kier alpha value is -0.890. The molecule has 5 rings (SSSR count). The first kappa shape index (κ1) is 13.8. The van der Waals surface area contributed by atoms with E-state index in [1.807, 2.05) is 6.20 Å². The Morgan fingerprint density at radius 2 is 1.81 bits per heavy atom. The van der Waals surface area contributed by atoms with Crippen LogP contribution < -0.4 is 5.32 Å². The minimum absolute atomic E-state index is 0.481. The average Bonchev–Trinajstić information content (AvgIpc) is 2.44. The molecule has 0 aliphatic heterocycles. The third-order valence-electron chi connectivity index (χ3n) is 6.61. The van der Waals surface area contributed by atoms with Gasteiger partial charge >= 0.3 is 0 Å². The Labute approximate surface area is 128 Å². The van der Waals surface area contributed by atoms with Gasteiger partial charge in [-0.25, -0.2) is 0 Å². The quantitative estimate of drug-likeness (QED) is 0.893. The summed E-state index contributed by atoms with van der Waals surface area (Å²) in [7, 11) is 2.12. The second kappa shape index (κ2) is 5.08. The first-order chi connectivity index (χ1) is 10.2. The molecule has 4 aliphatic rings. The number of nitrogens with one attached hydrogen (secondary N) is 1. The number of hydrogen-bond acceptors (Lipinski definition) is 2.